The summed E-state index contributed by atoms with van der Waals surface area (Å²) in [5.74, 6) is -0.939. The quantitative estimate of drug-likeness (QED) is 0.290. The number of carbonyl (C=O) groups is 1. The summed E-state index contributed by atoms with van der Waals surface area (Å²) in [6.45, 7) is 3.23. The number of ether oxygens (including phenoxy) is 3. The van der Waals surface area contributed by atoms with Crippen LogP contribution >= 0.6 is 0 Å². The van der Waals surface area contributed by atoms with Gasteiger partial charge in [0.15, 0.2) is 0 Å². The molecule has 0 aliphatic carbocycles. The van der Waals surface area contributed by atoms with Crippen molar-refractivity contribution in [3.63, 3.8) is 0 Å². The van der Waals surface area contributed by atoms with Crippen LogP contribution < -0.4 is 14.4 Å². The van der Waals surface area contributed by atoms with E-state index in [1.807, 2.05) is 31.1 Å². The largest absolute Gasteiger partial charge is 0.461 e. The van der Waals surface area contributed by atoms with Crippen molar-refractivity contribution in [2.45, 2.75) is 20.2 Å². The van der Waals surface area contributed by atoms with E-state index in [4.69, 9.17) is 19.0 Å². The number of nitrogens with zero attached hydrogens (tertiary/aromatic N) is 5. The molecule has 188 valence electrons. The van der Waals surface area contributed by atoms with Gasteiger partial charge in [-0.05, 0) is 49.7 Å². The van der Waals surface area contributed by atoms with E-state index in [0.29, 0.717) is 16.9 Å². The Morgan fingerprint density at radius 2 is 2.00 bits per heavy atom. The summed E-state index contributed by atoms with van der Waals surface area (Å²) < 4.78 is 16.8. The van der Waals surface area contributed by atoms with Crippen molar-refractivity contribution >= 4 is 17.4 Å². The van der Waals surface area contributed by atoms with Crippen LogP contribution in [0.3, 0.4) is 0 Å². The zero-order valence-electron chi connectivity index (χ0n) is 20.4. The zero-order chi connectivity index (χ0) is 26.4. The molecule has 1 aliphatic rings. The zero-order valence-corrected chi connectivity index (χ0v) is 20.4. The van der Waals surface area contributed by atoms with E-state index >= 15 is 0 Å². The van der Waals surface area contributed by atoms with Gasteiger partial charge in [0.2, 0.25) is 5.71 Å². The van der Waals surface area contributed by atoms with Crippen LogP contribution in [0.15, 0.2) is 59.0 Å². The van der Waals surface area contributed by atoms with Gasteiger partial charge in [-0.1, -0.05) is 6.07 Å². The van der Waals surface area contributed by atoms with Gasteiger partial charge < -0.3 is 19.1 Å². The molecule has 0 bridgehead atoms. The van der Waals surface area contributed by atoms with E-state index < -0.39 is 34.5 Å². The topological polar surface area (TPSA) is 140 Å². The van der Waals surface area contributed by atoms with Gasteiger partial charge in [-0.2, -0.15) is 10.3 Å². The number of hydroxylamine groups is 2. The minimum atomic E-state index is -1.37. The molecule has 12 nitrogen and oxygen atoms in total. The number of nitriles is 1. The molecule has 0 N–H and O–H groups in total. The molecule has 0 saturated heterocycles. The summed E-state index contributed by atoms with van der Waals surface area (Å²) in [7, 11) is 4.97. The molecule has 2 aromatic rings. The first kappa shape index (κ1) is 26.0. The monoisotopic (exact) mass is 495 g/mol. The third kappa shape index (κ3) is 5.53. The molecule has 2 aromatic carbocycles. The first-order chi connectivity index (χ1) is 17.2. The lowest BCUT2D eigenvalue weighted by Gasteiger charge is -2.32. The number of anilines is 1. The Hall–Kier alpha value is -4.63. The van der Waals surface area contributed by atoms with E-state index in [1.165, 1.54) is 25.3 Å². The summed E-state index contributed by atoms with van der Waals surface area (Å²) in [5, 5.41) is 22.2. The molecule has 0 amide bonds. The maximum absolute atomic E-state index is 12.7. The summed E-state index contributed by atoms with van der Waals surface area (Å²) in [5.41, 5.74) is 0.468. The summed E-state index contributed by atoms with van der Waals surface area (Å²) in [4.78, 5) is 35.4. The summed E-state index contributed by atoms with van der Waals surface area (Å²) in [6.07, 6.45) is -1.37. The highest BCUT2D eigenvalue weighted by Crippen LogP contribution is 2.30. The molecule has 1 unspecified atom stereocenters. The molecule has 12 heteroatoms. The van der Waals surface area contributed by atoms with Crippen molar-refractivity contribution in [1.82, 2.24) is 5.06 Å². The lowest BCUT2D eigenvalue weighted by atomic mass is 10.1. The first-order valence-corrected chi connectivity index (χ1v) is 10.8. The van der Waals surface area contributed by atoms with Crippen LogP contribution in [0.4, 0.5) is 5.69 Å². The molecule has 3 rings (SSSR count). The number of hydrogen-bond acceptors (Lipinski definition) is 11. The van der Waals surface area contributed by atoms with Gasteiger partial charge in [0.05, 0.1) is 30.3 Å². The number of aliphatic imine (C=N–C) groups is 1. The van der Waals surface area contributed by atoms with E-state index in [9.17, 15) is 20.2 Å². The second kappa shape index (κ2) is 11.2. The first-order valence-electron chi connectivity index (χ1n) is 10.8. The van der Waals surface area contributed by atoms with E-state index in [-0.39, 0.29) is 12.4 Å². The number of hydrogen-bond donors (Lipinski definition) is 0. The van der Waals surface area contributed by atoms with Crippen molar-refractivity contribution in [1.29, 1.82) is 5.26 Å². The predicted molar refractivity (Wildman–Crippen MR) is 129 cm³/mol. The third-order valence-electron chi connectivity index (χ3n) is 5.02. The average Bonchev–Trinajstić information content (AvgIpc) is 2.84. The summed E-state index contributed by atoms with van der Waals surface area (Å²) in [6, 6.07) is 13.6. The number of esters is 1. The number of aryl methyl sites for hydroxylation is 1. The van der Waals surface area contributed by atoms with Gasteiger partial charge >= 0.3 is 17.5 Å². The van der Waals surface area contributed by atoms with Crippen molar-refractivity contribution in [2.24, 2.45) is 4.99 Å². The maximum atomic E-state index is 12.7. The predicted octanol–water partition coefficient (Wildman–Crippen LogP) is 3.00. The van der Waals surface area contributed by atoms with Crippen LogP contribution in [0, 0.1) is 28.4 Å². The lowest BCUT2D eigenvalue weighted by Crippen LogP contribution is -2.46. The van der Waals surface area contributed by atoms with Gasteiger partial charge in [-0.3, -0.25) is 15.0 Å². The molecule has 0 aromatic heterocycles. The number of carbonyl (C=O) groups excluding carboxylic acids is 1. The van der Waals surface area contributed by atoms with Crippen molar-refractivity contribution in [3.8, 4) is 17.6 Å². The molecular weight excluding hydrogens is 470 g/mol. The fraction of sp³-hybridized carbons (Fsp3) is 0.292. The molecule has 1 aliphatic heterocycles. The van der Waals surface area contributed by atoms with Gasteiger partial charge in [-0.25, -0.2) is 9.79 Å². The van der Waals surface area contributed by atoms with Gasteiger partial charge in [-0.15, -0.1) is 0 Å². The number of benzene rings is 2. The maximum Gasteiger partial charge on any atom is 0.364 e. The second-order valence-electron chi connectivity index (χ2n) is 7.64. The molecule has 0 fully saturated rings. The van der Waals surface area contributed by atoms with E-state index in [0.717, 1.165) is 10.8 Å². The van der Waals surface area contributed by atoms with Crippen LogP contribution in [0.25, 0.3) is 0 Å². The van der Waals surface area contributed by atoms with Gasteiger partial charge in [0, 0.05) is 25.8 Å². The van der Waals surface area contributed by atoms with Gasteiger partial charge in [0.1, 0.15) is 11.5 Å². The van der Waals surface area contributed by atoms with Crippen LogP contribution in [0.1, 0.15) is 18.1 Å². The molecular formula is C24H25N5O7. The minimum Gasteiger partial charge on any atom is -0.461 e. The van der Waals surface area contributed by atoms with Crippen LogP contribution in [-0.4, -0.2) is 55.8 Å². The Morgan fingerprint density at radius 1 is 1.25 bits per heavy atom. The lowest BCUT2D eigenvalue weighted by molar-refractivity contribution is -0.422. The molecule has 1 heterocycles. The molecule has 0 radical (unpaired) electrons. The van der Waals surface area contributed by atoms with E-state index in [1.54, 1.807) is 32.0 Å². The average molecular weight is 495 g/mol. The smallest absolute Gasteiger partial charge is 0.364 e. The minimum absolute atomic E-state index is 0.0295. The van der Waals surface area contributed by atoms with Crippen molar-refractivity contribution < 1.29 is 28.8 Å². The Balaban J connectivity index is 2.12. The molecule has 0 saturated carbocycles. The second-order valence-corrected chi connectivity index (χ2v) is 7.64. The summed E-state index contributed by atoms with van der Waals surface area (Å²) >= 11 is 0. The van der Waals surface area contributed by atoms with E-state index in [2.05, 4.69) is 4.99 Å². The number of rotatable bonds is 9. The fourth-order valence-electron chi connectivity index (χ4n) is 3.28. The Kier molecular flexibility index (Phi) is 8.08. The van der Waals surface area contributed by atoms with Crippen LogP contribution in [0.5, 0.6) is 11.5 Å². The highest BCUT2D eigenvalue weighted by atomic mass is 16.7. The molecule has 1 atom stereocenters. The van der Waals surface area contributed by atoms with Crippen LogP contribution in [0.2, 0.25) is 0 Å². The fourth-order valence-corrected chi connectivity index (χ4v) is 3.28. The Bertz CT molecular complexity index is 1270. The highest BCUT2D eigenvalue weighted by molar-refractivity contribution is 6.42. The standard InChI is InChI=1S/C24H25N5O7/c1-6-34-23(30)20-21(29(31)32)22(35-19-11-10-16(14-25)15(2)12-19)28(33-5)24(26-20)36-18-9-7-8-17(13-18)27(3)4/h7-13,24H,6H2,1-5H3. The molecule has 36 heavy (non-hydrogen) atoms. The SMILES string of the molecule is CCOC(=O)C1=NC(Oc2cccc(N(C)C)c2)N(OC)C(Oc2ccc(C#N)c(C)c2)=C1[N+](=O)[O-]. The van der Waals surface area contributed by atoms with Gasteiger partial charge in [0.25, 0.3) is 6.35 Å². The van der Waals surface area contributed by atoms with Crippen molar-refractivity contribution in [3.05, 3.63) is 75.3 Å². The van der Waals surface area contributed by atoms with Crippen molar-refractivity contribution in [2.75, 3.05) is 32.7 Å². The Labute approximate surface area is 207 Å². The molecule has 0 spiro atoms. The third-order valence-corrected chi connectivity index (χ3v) is 5.02. The number of nitro groups is 1. The Morgan fingerprint density at radius 3 is 2.58 bits per heavy atom. The normalized spacial score (nSPS) is 15.1. The highest BCUT2D eigenvalue weighted by Gasteiger charge is 2.45. The van der Waals surface area contributed by atoms with Crippen LogP contribution in [-0.2, 0) is 14.4 Å².